The molecule has 0 fully saturated rings. The van der Waals surface area contributed by atoms with Crippen LogP contribution in [0.4, 0.5) is 0 Å². The van der Waals surface area contributed by atoms with E-state index in [0.717, 1.165) is 0 Å². The molecule has 0 nitrogen and oxygen atoms in total. The molecule has 9 rings (SSSR count). The summed E-state index contributed by atoms with van der Waals surface area (Å²) >= 11 is 1.98. The Morgan fingerprint density at radius 3 is 1.78 bits per heavy atom. The van der Waals surface area contributed by atoms with E-state index in [2.05, 4.69) is 121 Å². The Bertz CT molecular complexity index is 2260. The number of rotatable bonds is 2. The minimum atomic E-state index is 1.22. The Hall–Kier alpha value is -4.46. The molecule has 41 heavy (non-hydrogen) atoms. The quantitative estimate of drug-likeness (QED) is 0.191. The molecule has 194 valence electrons. The lowest BCUT2D eigenvalue weighted by Crippen LogP contribution is -2.01. The van der Waals surface area contributed by atoms with Crippen molar-refractivity contribution in [1.29, 1.82) is 0 Å². The average molecular weight is 541 g/mol. The first-order chi connectivity index (χ1) is 20.3. The smallest absolute Gasteiger partial charge is 0.0434 e. The fraction of sp³-hybridized carbons (Fsp3) is 0.100. The molecule has 1 aromatic heterocycles. The zero-order valence-electron chi connectivity index (χ0n) is 22.8. The van der Waals surface area contributed by atoms with Crippen LogP contribution in [0.5, 0.6) is 0 Å². The van der Waals surface area contributed by atoms with Crippen molar-refractivity contribution in [2.75, 3.05) is 0 Å². The maximum atomic E-state index is 2.51. The van der Waals surface area contributed by atoms with E-state index in [-0.39, 0.29) is 0 Å². The normalized spacial score (nSPS) is 13.5. The molecule has 0 atom stereocenters. The van der Waals surface area contributed by atoms with E-state index < -0.39 is 0 Å². The molecule has 0 aliphatic heterocycles. The number of hydrogen-bond donors (Lipinski definition) is 0. The molecule has 1 heteroatoms. The Morgan fingerprint density at radius 1 is 0.439 bits per heavy atom. The van der Waals surface area contributed by atoms with Gasteiger partial charge < -0.3 is 0 Å². The van der Waals surface area contributed by atoms with E-state index in [0.29, 0.717) is 0 Å². The zero-order valence-corrected chi connectivity index (χ0v) is 23.6. The van der Waals surface area contributed by atoms with E-state index in [4.69, 9.17) is 0 Å². The summed E-state index contributed by atoms with van der Waals surface area (Å²) in [6.45, 7) is 0. The molecule has 8 aromatic rings. The fourth-order valence-electron chi connectivity index (χ4n) is 7.30. The van der Waals surface area contributed by atoms with Gasteiger partial charge in [0.1, 0.15) is 0 Å². The predicted molar refractivity (Wildman–Crippen MR) is 179 cm³/mol. The van der Waals surface area contributed by atoms with Crippen LogP contribution in [0.3, 0.4) is 0 Å². The van der Waals surface area contributed by atoms with E-state index in [9.17, 15) is 0 Å². The maximum Gasteiger partial charge on any atom is 0.0434 e. The Labute approximate surface area is 243 Å². The molecule has 0 saturated carbocycles. The lowest BCUT2D eigenvalue weighted by atomic mass is 9.85. The summed E-state index contributed by atoms with van der Waals surface area (Å²) in [5.41, 5.74) is 8.41. The number of fused-ring (bicyclic) bond motifs is 7. The van der Waals surface area contributed by atoms with Gasteiger partial charge in [0, 0.05) is 25.7 Å². The van der Waals surface area contributed by atoms with Crippen molar-refractivity contribution in [2.24, 2.45) is 0 Å². The Kier molecular flexibility index (Phi) is 5.12. The first kappa shape index (κ1) is 23.3. The van der Waals surface area contributed by atoms with Crippen LogP contribution in [0.1, 0.15) is 24.0 Å². The van der Waals surface area contributed by atoms with E-state index >= 15 is 0 Å². The van der Waals surface area contributed by atoms with Crippen LogP contribution in [-0.4, -0.2) is 0 Å². The van der Waals surface area contributed by atoms with Crippen molar-refractivity contribution in [3.8, 4) is 22.3 Å². The second kappa shape index (κ2) is 9.03. The van der Waals surface area contributed by atoms with E-state index in [1.807, 2.05) is 11.3 Å². The molecule has 0 saturated heterocycles. The SMILES string of the molecule is c1ccc2cc(-c3c4ccccc4c(-c4cccc5c4sc4cc6c(cc45)CCCC6)c4ccccc34)ccc2c1. The Morgan fingerprint density at radius 2 is 1.05 bits per heavy atom. The highest BCUT2D eigenvalue weighted by atomic mass is 32.1. The van der Waals surface area contributed by atoms with Crippen LogP contribution in [-0.2, 0) is 12.8 Å². The molecule has 0 spiro atoms. The van der Waals surface area contributed by atoms with Crippen LogP contribution >= 0.6 is 11.3 Å². The minimum Gasteiger partial charge on any atom is -0.135 e. The van der Waals surface area contributed by atoms with Gasteiger partial charge in [0.2, 0.25) is 0 Å². The molecular formula is C40H28S. The molecule has 0 unspecified atom stereocenters. The molecule has 0 radical (unpaired) electrons. The zero-order chi connectivity index (χ0) is 26.9. The second-order valence-corrected chi connectivity index (χ2v) is 12.6. The molecule has 0 amide bonds. The van der Waals surface area contributed by atoms with Gasteiger partial charge in [-0.2, -0.15) is 0 Å². The van der Waals surface area contributed by atoms with Gasteiger partial charge in [-0.25, -0.2) is 0 Å². The summed E-state index contributed by atoms with van der Waals surface area (Å²) in [7, 11) is 0. The maximum absolute atomic E-state index is 2.51. The Balaban J connectivity index is 1.38. The van der Waals surface area contributed by atoms with Gasteiger partial charge >= 0.3 is 0 Å². The third kappa shape index (κ3) is 3.52. The van der Waals surface area contributed by atoms with Crippen LogP contribution in [0.15, 0.2) is 121 Å². The molecule has 7 aromatic carbocycles. The van der Waals surface area contributed by atoms with Gasteiger partial charge in [0.25, 0.3) is 0 Å². The van der Waals surface area contributed by atoms with Crippen LogP contribution in [0.2, 0.25) is 0 Å². The van der Waals surface area contributed by atoms with Gasteiger partial charge in [0.05, 0.1) is 0 Å². The summed E-state index contributed by atoms with van der Waals surface area (Å²) in [5, 5.41) is 10.6. The number of hydrogen-bond acceptors (Lipinski definition) is 1. The van der Waals surface area contributed by atoms with Gasteiger partial charge in [-0.1, -0.05) is 103 Å². The number of aryl methyl sites for hydroxylation is 2. The van der Waals surface area contributed by atoms with Gasteiger partial charge in [-0.15, -0.1) is 11.3 Å². The van der Waals surface area contributed by atoms with Gasteiger partial charge in [-0.3, -0.25) is 0 Å². The third-order valence-electron chi connectivity index (χ3n) is 9.20. The van der Waals surface area contributed by atoms with Crippen molar-refractivity contribution in [3.05, 3.63) is 132 Å². The van der Waals surface area contributed by atoms with Crippen molar-refractivity contribution < 1.29 is 0 Å². The first-order valence-electron chi connectivity index (χ1n) is 14.7. The average Bonchev–Trinajstić information content (AvgIpc) is 3.40. The third-order valence-corrected chi connectivity index (χ3v) is 10.4. The summed E-state index contributed by atoms with van der Waals surface area (Å²) in [4.78, 5) is 0. The minimum absolute atomic E-state index is 1.22. The summed E-state index contributed by atoms with van der Waals surface area (Å²) in [6, 6.07) is 45.6. The highest BCUT2D eigenvalue weighted by Gasteiger charge is 2.20. The highest BCUT2D eigenvalue weighted by molar-refractivity contribution is 7.26. The topological polar surface area (TPSA) is 0 Å². The van der Waals surface area contributed by atoms with Crippen LogP contribution < -0.4 is 0 Å². The molecular weight excluding hydrogens is 513 g/mol. The summed E-state index contributed by atoms with van der Waals surface area (Å²) in [5.74, 6) is 0. The monoisotopic (exact) mass is 540 g/mol. The van der Waals surface area contributed by atoms with Crippen molar-refractivity contribution in [1.82, 2.24) is 0 Å². The summed E-state index contributed by atoms with van der Waals surface area (Å²) < 4.78 is 2.83. The first-order valence-corrected chi connectivity index (χ1v) is 15.6. The second-order valence-electron chi connectivity index (χ2n) is 11.5. The van der Waals surface area contributed by atoms with Crippen molar-refractivity contribution >= 4 is 63.8 Å². The summed E-state index contributed by atoms with van der Waals surface area (Å²) in [6.07, 6.45) is 5.06. The molecule has 1 heterocycles. The van der Waals surface area contributed by atoms with E-state index in [1.165, 1.54) is 100 Å². The standard InChI is InChI=1S/C40H28S/c1-2-11-26-22-29(21-20-25(26)10-1)38-30-14-5-7-16-32(30)39(33-17-8-6-15-31(33)38)35-19-9-18-34-36-23-27-12-3-4-13-28(27)24-37(36)41-40(34)35/h1-2,5-11,14-24H,3-4,12-13H2. The van der Waals surface area contributed by atoms with Gasteiger partial charge in [0.15, 0.2) is 0 Å². The number of thiophene rings is 1. The van der Waals surface area contributed by atoms with Crippen LogP contribution in [0, 0.1) is 0 Å². The highest BCUT2D eigenvalue weighted by Crippen LogP contribution is 2.48. The lowest BCUT2D eigenvalue weighted by Gasteiger charge is -2.18. The largest absolute Gasteiger partial charge is 0.135 e. The molecule has 0 bridgehead atoms. The lowest BCUT2D eigenvalue weighted by molar-refractivity contribution is 0.687. The molecule has 0 N–H and O–H groups in total. The van der Waals surface area contributed by atoms with Crippen molar-refractivity contribution in [3.63, 3.8) is 0 Å². The van der Waals surface area contributed by atoms with E-state index in [1.54, 1.807) is 11.1 Å². The molecule has 1 aliphatic carbocycles. The van der Waals surface area contributed by atoms with Crippen molar-refractivity contribution in [2.45, 2.75) is 25.7 Å². The predicted octanol–water partition coefficient (Wildman–Crippen LogP) is 11.7. The fourth-order valence-corrected chi connectivity index (χ4v) is 8.57. The number of benzene rings is 7. The molecule has 1 aliphatic rings. The van der Waals surface area contributed by atoms with Gasteiger partial charge in [-0.05, 0) is 104 Å². The van der Waals surface area contributed by atoms with Crippen LogP contribution in [0.25, 0.3) is 74.7 Å².